The average molecular weight is 356 g/mol. The van der Waals surface area contributed by atoms with Crippen LogP contribution in [-0.2, 0) is 13.0 Å². The molecule has 0 bridgehead atoms. The smallest absolute Gasteiger partial charge is 0.161 e. The minimum absolute atomic E-state index is 0.738. The Kier molecular flexibility index (Phi) is 5.88. The van der Waals surface area contributed by atoms with E-state index in [0.29, 0.717) is 0 Å². The van der Waals surface area contributed by atoms with Gasteiger partial charge in [-0.05, 0) is 35.6 Å². The van der Waals surface area contributed by atoms with E-state index < -0.39 is 0 Å². The molecule has 0 spiro atoms. The number of hydrogen-bond donors (Lipinski definition) is 1. The topological polar surface area (TPSA) is 30.5 Å². The molecule has 0 aliphatic heterocycles. The summed E-state index contributed by atoms with van der Waals surface area (Å²) in [5, 5.41) is 5.56. The van der Waals surface area contributed by atoms with Crippen molar-refractivity contribution in [3.63, 3.8) is 0 Å². The zero-order valence-electron chi connectivity index (χ0n) is 11.6. The van der Waals surface area contributed by atoms with Gasteiger partial charge < -0.3 is 14.8 Å². The van der Waals surface area contributed by atoms with Gasteiger partial charge in [-0.1, -0.05) is 22.0 Å². The van der Waals surface area contributed by atoms with Crippen molar-refractivity contribution in [1.29, 1.82) is 0 Å². The Bertz CT molecular complexity index is 543. The molecule has 2 rings (SSSR count). The maximum atomic E-state index is 5.33. The van der Waals surface area contributed by atoms with E-state index in [9.17, 15) is 0 Å². The first kappa shape index (κ1) is 15.4. The quantitative estimate of drug-likeness (QED) is 0.765. The molecule has 0 saturated carbocycles. The second-order valence-electron chi connectivity index (χ2n) is 4.30. The van der Waals surface area contributed by atoms with Crippen LogP contribution in [0.3, 0.4) is 0 Å². The second-order valence-corrected chi connectivity index (χ2v) is 6.19. The predicted molar refractivity (Wildman–Crippen MR) is 87.0 cm³/mol. The third kappa shape index (κ3) is 3.98. The highest BCUT2D eigenvalue weighted by molar-refractivity contribution is 9.10. The van der Waals surface area contributed by atoms with Crippen molar-refractivity contribution in [2.45, 2.75) is 13.0 Å². The summed E-state index contributed by atoms with van der Waals surface area (Å²) in [6, 6.07) is 8.19. The summed E-state index contributed by atoms with van der Waals surface area (Å²) >= 11 is 5.37. The Morgan fingerprint density at radius 1 is 1.20 bits per heavy atom. The van der Waals surface area contributed by atoms with Crippen LogP contribution in [0.15, 0.2) is 34.1 Å². The number of halogens is 1. The van der Waals surface area contributed by atoms with Crippen molar-refractivity contribution in [1.82, 2.24) is 5.32 Å². The lowest BCUT2D eigenvalue weighted by atomic mass is 10.2. The molecule has 1 aromatic heterocycles. The molecule has 2 aromatic rings. The molecular formula is C15H18BrNO2S. The molecule has 1 N–H and O–H groups in total. The standard InChI is InChI=1S/C15H18BrNO2S/c1-18-14-8-11(13(16)9-15(14)19-2)10-17-6-5-12-4-3-7-20-12/h3-4,7-9,17H,5-6,10H2,1-2H3. The van der Waals surface area contributed by atoms with E-state index >= 15 is 0 Å². The van der Waals surface area contributed by atoms with Crippen LogP contribution in [0.1, 0.15) is 10.4 Å². The zero-order chi connectivity index (χ0) is 14.4. The number of benzene rings is 1. The van der Waals surface area contributed by atoms with Gasteiger partial charge in [0.05, 0.1) is 14.2 Å². The van der Waals surface area contributed by atoms with Gasteiger partial charge in [-0.3, -0.25) is 0 Å². The van der Waals surface area contributed by atoms with Crippen LogP contribution in [0.4, 0.5) is 0 Å². The summed E-state index contributed by atoms with van der Waals surface area (Å²) in [5.41, 5.74) is 1.16. The first-order valence-electron chi connectivity index (χ1n) is 6.38. The minimum Gasteiger partial charge on any atom is -0.493 e. The maximum Gasteiger partial charge on any atom is 0.161 e. The van der Waals surface area contributed by atoms with Crippen LogP contribution >= 0.6 is 27.3 Å². The van der Waals surface area contributed by atoms with Gasteiger partial charge in [0, 0.05) is 22.4 Å². The van der Waals surface area contributed by atoms with E-state index in [2.05, 4.69) is 38.8 Å². The van der Waals surface area contributed by atoms with Crippen LogP contribution in [0, 0.1) is 0 Å². The molecular weight excluding hydrogens is 338 g/mol. The molecule has 5 heteroatoms. The first-order valence-corrected chi connectivity index (χ1v) is 8.05. The van der Waals surface area contributed by atoms with Gasteiger partial charge in [-0.2, -0.15) is 0 Å². The van der Waals surface area contributed by atoms with Crippen molar-refractivity contribution in [2.75, 3.05) is 20.8 Å². The van der Waals surface area contributed by atoms with Gasteiger partial charge in [0.15, 0.2) is 11.5 Å². The summed E-state index contributed by atoms with van der Waals surface area (Å²) < 4.78 is 11.6. The molecule has 0 saturated heterocycles. The molecule has 1 aromatic carbocycles. The molecule has 0 radical (unpaired) electrons. The summed E-state index contributed by atoms with van der Waals surface area (Å²) in [6.45, 7) is 1.76. The number of methoxy groups -OCH3 is 2. The third-order valence-corrected chi connectivity index (χ3v) is 4.67. The largest absolute Gasteiger partial charge is 0.493 e. The van der Waals surface area contributed by atoms with Gasteiger partial charge in [0.2, 0.25) is 0 Å². The van der Waals surface area contributed by atoms with Crippen molar-refractivity contribution in [2.24, 2.45) is 0 Å². The van der Waals surface area contributed by atoms with Crippen molar-refractivity contribution >= 4 is 27.3 Å². The first-order chi connectivity index (χ1) is 9.74. The van der Waals surface area contributed by atoms with Gasteiger partial charge in [-0.25, -0.2) is 0 Å². The van der Waals surface area contributed by atoms with Crippen LogP contribution in [0.5, 0.6) is 11.5 Å². The maximum absolute atomic E-state index is 5.33. The van der Waals surface area contributed by atoms with Crippen LogP contribution in [0.25, 0.3) is 0 Å². The molecule has 0 atom stereocenters. The third-order valence-electron chi connectivity index (χ3n) is 3.00. The fourth-order valence-electron chi connectivity index (χ4n) is 1.92. The summed E-state index contributed by atoms with van der Waals surface area (Å²) in [7, 11) is 3.29. The Hall–Kier alpha value is -1.04. The molecule has 1 heterocycles. The van der Waals surface area contributed by atoms with E-state index in [0.717, 1.165) is 41.0 Å². The summed E-state index contributed by atoms with van der Waals surface area (Å²) in [4.78, 5) is 1.41. The van der Waals surface area contributed by atoms with Crippen LogP contribution in [-0.4, -0.2) is 20.8 Å². The Morgan fingerprint density at radius 2 is 1.95 bits per heavy atom. The fraction of sp³-hybridized carbons (Fsp3) is 0.333. The highest BCUT2D eigenvalue weighted by atomic mass is 79.9. The Morgan fingerprint density at radius 3 is 2.60 bits per heavy atom. The van der Waals surface area contributed by atoms with Crippen molar-refractivity contribution < 1.29 is 9.47 Å². The normalized spacial score (nSPS) is 10.6. The molecule has 0 unspecified atom stereocenters. The van der Waals surface area contributed by atoms with E-state index in [1.807, 2.05) is 12.1 Å². The van der Waals surface area contributed by atoms with Crippen LogP contribution < -0.4 is 14.8 Å². The van der Waals surface area contributed by atoms with Gasteiger partial charge in [-0.15, -0.1) is 11.3 Å². The van der Waals surface area contributed by atoms with E-state index in [1.165, 1.54) is 4.88 Å². The molecule has 0 amide bonds. The molecule has 0 fully saturated rings. The van der Waals surface area contributed by atoms with E-state index in [4.69, 9.17) is 9.47 Å². The Labute approximate surface area is 132 Å². The minimum atomic E-state index is 0.738. The Balaban J connectivity index is 1.92. The lowest BCUT2D eigenvalue weighted by Crippen LogP contribution is -2.16. The van der Waals surface area contributed by atoms with E-state index in [1.54, 1.807) is 25.6 Å². The van der Waals surface area contributed by atoms with Crippen molar-refractivity contribution in [3.8, 4) is 11.5 Å². The molecule has 108 valence electrons. The zero-order valence-corrected chi connectivity index (χ0v) is 14.0. The van der Waals surface area contributed by atoms with Gasteiger partial charge in [0.1, 0.15) is 0 Å². The van der Waals surface area contributed by atoms with Crippen LogP contribution in [0.2, 0.25) is 0 Å². The summed E-state index contributed by atoms with van der Waals surface area (Å²) in [5.74, 6) is 1.49. The number of nitrogens with one attached hydrogen (secondary N) is 1. The van der Waals surface area contributed by atoms with Crippen molar-refractivity contribution in [3.05, 3.63) is 44.6 Å². The monoisotopic (exact) mass is 355 g/mol. The number of rotatable bonds is 7. The second kappa shape index (κ2) is 7.67. The van der Waals surface area contributed by atoms with E-state index in [-0.39, 0.29) is 0 Å². The lowest BCUT2D eigenvalue weighted by Gasteiger charge is -2.12. The molecule has 3 nitrogen and oxygen atoms in total. The lowest BCUT2D eigenvalue weighted by molar-refractivity contribution is 0.354. The van der Waals surface area contributed by atoms with Gasteiger partial charge in [0.25, 0.3) is 0 Å². The summed E-state index contributed by atoms with van der Waals surface area (Å²) in [6.07, 6.45) is 1.06. The molecule has 0 aliphatic rings. The van der Waals surface area contributed by atoms with Gasteiger partial charge >= 0.3 is 0 Å². The predicted octanol–water partition coefficient (Wildman–Crippen LogP) is 3.86. The fourth-order valence-corrected chi connectivity index (χ4v) is 3.09. The molecule has 20 heavy (non-hydrogen) atoms. The SMILES string of the molecule is COc1cc(Br)c(CNCCc2cccs2)cc1OC. The highest BCUT2D eigenvalue weighted by Gasteiger charge is 2.09. The number of hydrogen-bond acceptors (Lipinski definition) is 4. The molecule has 0 aliphatic carbocycles. The average Bonchev–Trinajstić information content (AvgIpc) is 2.97. The highest BCUT2D eigenvalue weighted by Crippen LogP contribution is 2.33. The number of ether oxygens (including phenoxy) is 2. The number of thiophene rings is 1.